The first-order valence-electron chi connectivity index (χ1n) is 15.6. The SMILES string of the molecule is C=C1OC2(CCCCC2)C(C(=O)CCc2cc(C(C)(F)F)ccc2C2(CC)CC2)=C1C.CCCC(C)CCC. The van der Waals surface area contributed by atoms with Crippen molar-refractivity contribution in [2.75, 3.05) is 0 Å². The van der Waals surface area contributed by atoms with Crippen LogP contribution in [-0.2, 0) is 27.3 Å². The Balaban J connectivity index is 0.000000459. The third-order valence-electron chi connectivity index (χ3n) is 9.41. The highest BCUT2D eigenvalue weighted by molar-refractivity contribution is 5.99. The summed E-state index contributed by atoms with van der Waals surface area (Å²) in [7, 11) is 0. The number of hydrogen-bond donors (Lipinski definition) is 0. The van der Waals surface area contributed by atoms with Crippen LogP contribution >= 0.6 is 0 Å². The van der Waals surface area contributed by atoms with E-state index in [4.69, 9.17) is 4.74 Å². The van der Waals surface area contributed by atoms with Gasteiger partial charge in [-0.2, -0.15) is 0 Å². The summed E-state index contributed by atoms with van der Waals surface area (Å²) in [6.07, 6.45) is 14.5. The Morgan fingerprint density at radius 3 is 2.18 bits per heavy atom. The molecule has 0 saturated heterocycles. The van der Waals surface area contributed by atoms with Gasteiger partial charge in [-0.25, -0.2) is 8.78 Å². The van der Waals surface area contributed by atoms with Crippen LogP contribution in [-0.4, -0.2) is 11.4 Å². The average molecular weight is 543 g/mol. The second-order valence-corrected chi connectivity index (χ2v) is 12.6. The molecule has 3 aliphatic rings. The summed E-state index contributed by atoms with van der Waals surface area (Å²) in [5.74, 6) is -1.23. The molecule has 0 radical (unpaired) electrons. The quantitative estimate of drug-likeness (QED) is 0.278. The number of rotatable bonds is 11. The highest BCUT2D eigenvalue weighted by Crippen LogP contribution is 2.53. The summed E-state index contributed by atoms with van der Waals surface area (Å²) in [4.78, 5) is 13.4. The summed E-state index contributed by atoms with van der Waals surface area (Å²) in [5.41, 5.74) is 3.33. The van der Waals surface area contributed by atoms with E-state index in [0.29, 0.717) is 18.6 Å². The third-order valence-corrected chi connectivity index (χ3v) is 9.41. The first-order chi connectivity index (χ1) is 18.4. The molecule has 39 heavy (non-hydrogen) atoms. The zero-order valence-electron chi connectivity index (χ0n) is 25.5. The summed E-state index contributed by atoms with van der Waals surface area (Å²) < 4.78 is 34.2. The fourth-order valence-electron chi connectivity index (χ4n) is 6.84. The molecule has 0 unspecified atom stereocenters. The van der Waals surface area contributed by atoms with Gasteiger partial charge in [-0.1, -0.05) is 78.5 Å². The smallest absolute Gasteiger partial charge is 0.270 e. The summed E-state index contributed by atoms with van der Waals surface area (Å²) in [6.45, 7) is 15.9. The standard InChI is InChI=1S/C27H34F2O2.C8H18/c1-5-26(15-16-26)22-11-10-21(25(4,28)29)17-20(22)9-12-23(30)24-18(2)19(3)31-27(24)13-7-6-8-14-27;1-4-6-8(3)7-5-2/h10-11,17H,3,5-9,12-16H2,1-2,4H3;8H,4-7H2,1-3H3. The van der Waals surface area contributed by atoms with E-state index in [2.05, 4.69) is 34.3 Å². The molecule has 1 aromatic rings. The van der Waals surface area contributed by atoms with Crippen molar-refractivity contribution in [1.82, 2.24) is 0 Å². The largest absolute Gasteiger partial charge is 0.483 e. The highest BCUT2D eigenvalue weighted by Gasteiger charge is 2.47. The first-order valence-corrected chi connectivity index (χ1v) is 15.6. The molecule has 0 atom stereocenters. The fraction of sp³-hybridized carbons (Fsp3) is 0.686. The molecule has 2 saturated carbocycles. The van der Waals surface area contributed by atoms with Crippen LogP contribution in [0.1, 0.15) is 142 Å². The van der Waals surface area contributed by atoms with Crippen LogP contribution in [0.5, 0.6) is 0 Å². The number of carbonyl (C=O) groups is 1. The number of ketones is 1. The number of halogens is 2. The number of aryl methyl sites for hydroxylation is 1. The van der Waals surface area contributed by atoms with Gasteiger partial charge in [-0.15, -0.1) is 0 Å². The van der Waals surface area contributed by atoms with Crippen molar-refractivity contribution in [3.63, 3.8) is 0 Å². The molecule has 2 fully saturated rings. The molecule has 1 aromatic carbocycles. The van der Waals surface area contributed by atoms with Crippen LogP contribution in [0.4, 0.5) is 8.78 Å². The fourth-order valence-corrected chi connectivity index (χ4v) is 6.84. The van der Waals surface area contributed by atoms with E-state index < -0.39 is 11.5 Å². The van der Waals surface area contributed by atoms with Gasteiger partial charge in [0.2, 0.25) is 0 Å². The van der Waals surface area contributed by atoms with Gasteiger partial charge in [0.1, 0.15) is 11.4 Å². The summed E-state index contributed by atoms with van der Waals surface area (Å²) in [6, 6.07) is 5.09. The molecule has 0 amide bonds. The number of ether oxygens (including phenoxy) is 1. The Morgan fingerprint density at radius 1 is 1.05 bits per heavy atom. The molecule has 2 aliphatic carbocycles. The number of benzene rings is 1. The maximum Gasteiger partial charge on any atom is 0.270 e. The zero-order chi connectivity index (χ0) is 28.8. The molecule has 0 aromatic heterocycles. The van der Waals surface area contributed by atoms with E-state index in [1.54, 1.807) is 12.1 Å². The maximum atomic E-state index is 14.0. The van der Waals surface area contributed by atoms with Crippen molar-refractivity contribution in [2.45, 2.75) is 148 Å². The predicted molar refractivity (Wildman–Crippen MR) is 158 cm³/mol. The van der Waals surface area contributed by atoms with Crippen molar-refractivity contribution in [2.24, 2.45) is 5.92 Å². The number of alkyl halides is 2. The number of Topliss-reactive ketones (excluding diaryl/α,β-unsaturated/α-hetero) is 1. The molecule has 218 valence electrons. The lowest BCUT2D eigenvalue weighted by molar-refractivity contribution is -0.118. The van der Waals surface area contributed by atoms with E-state index in [1.807, 2.05) is 13.0 Å². The molecule has 2 nitrogen and oxygen atoms in total. The van der Waals surface area contributed by atoms with Gasteiger partial charge in [0.05, 0.1) is 0 Å². The Labute approximate surface area is 236 Å². The molecular weight excluding hydrogens is 490 g/mol. The van der Waals surface area contributed by atoms with Crippen LogP contribution in [0.2, 0.25) is 0 Å². The maximum absolute atomic E-state index is 14.0. The van der Waals surface area contributed by atoms with Gasteiger partial charge < -0.3 is 4.74 Å². The number of carbonyl (C=O) groups excluding carboxylic acids is 1. The lowest BCUT2D eigenvalue weighted by Crippen LogP contribution is -2.36. The topological polar surface area (TPSA) is 26.3 Å². The van der Waals surface area contributed by atoms with Gasteiger partial charge in [0.15, 0.2) is 5.78 Å². The summed E-state index contributed by atoms with van der Waals surface area (Å²) in [5, 5.41) is 0. The molecule has 4 rings (SSSR count). The van der Waals surface area contributed by atoms with Gasteiger partial charge in [0, 0.05) is 30.1 Å². The van der Waals surface area contributed by atoms with E-state index in [0.717, 1.165) is 80.1 Å². The predicted octanol–water partition coefficient (Wildman–Crippen LogP) is 10.5. The minimum atomic E-state index is -2.89. The van der Waals surface area contributed by atoms with Crippen LogP contribution in [0.25, 0.3) is 0 Å². The van der Waals surface area contributed by atoms with E-state index in [-0.39, 0.29) is 16.8 Å². The Morgan fingerprint density at radius 2 is 1.67 bits per heavy atom. The van der Waals surface area contributed by atoms with Gasteiger partial charge >= 0.3 is 0 Å². The van der Waals surface area contributed by atoms with Crippen molar-refractivity contribution < 1.29 is 18.3 Å². The van der Waals surface area contributed by atoms with Crippen LogP contribution < -0.4 is 0 Å². The Kier molecular flexibility index (Phi) is 10.6. The van der Waals surface area contributed by atoms with Crippen LogP contribution in [0, 0.1) is 5.92 Å². The lowest BCUT2D eigenvalue weighted by atomic mass is 9.76. The first kappa shape index (κ1) is 31.6. The molecular formula is C35H52F2O2. The molecule has 0 N–H and O–H groups in total. The minimum Gasteiger partial charge on any atom is -0.483 e. The minimum absolute atomic E-state index is 0.0299. The van der Waals surface area contributed by atoms with Crippen LogP contribution in [0.3, 0.4) is 0 Å². The van der Waals surface area contributed by atoms with Gasteiger partial charge in [-0.3, -0.25) is 4.79 Å². The lowest BCUT2D eigenvalue weighted by Gasteiger charge is -2.35. The monoisotopic (exact) mass is 542 g/mol. The number of hydrogen-bond acceptors (Lipinski definition) is 2. The molecule has 4 heteroatoms. The second-order valence-electron chi connectivity index (χ2n) is 12.6. The van der Waals surface area contributed by atoms with E-state index >= 15 is 0 Å². The molecule has 1 spiro atoms. The van der Waals surface area contributed by atoms with Crippen molar-refractivity contribution in [3.8, 4) is 0 Å². The Hall–Kier alpha value is -1.97. The third kappa shape index (κ3) is 7.41. The highest BCUT2D eigenvalue weighted by atomic mass is 19.3. The van der Waals surface area contributed by atoms with Gasteiger partial charge in [0.25, 0.3) is 5.92 Å². The normalized spacial score (nSPS) is 19.7. The van der Waals surface area contributed by atoms with Crippen molar-refractivity contribution in [1.29, 1.82) is 0 Å². The zero-order valence-corrected chi connectivity index (χ0v) is 25.5. The molecule has 1 aliphatic heterocycles. The molecule has 1 heterocycles. The van der Waals surface area contributed by atoms with E-state index in [1.165, 1.54) is 32.1 Å². The Bertz CT molecular complexity index is 1030. The second kappa shape index (κ2) is 13.1. The van der Waals surface area contributed by atoms with Crippen LogP contribution in [0.15, 0.2) is 41.7 Å². The number of allylic oxidation sites excluding steroid dienone is 1. The van der Waals surface area contributed by atoms with Crippen molar-refractivity contribution in [3.05, 3.63) is 58.4 Å². The average Bonchev–Trinajstić information content (AvgIpc) is 3.65. The van der Waals surface area contributed by atoms with Gasteiger partial charge in [-0.05, 0) is 86.8 Å². The van der Waals surface area contributed by atoms with Crippen molar-refractivity contribution >= 4 is 5.78 Å². The van der Waals surface area contributed by atoms with E-state index in [9.17, 15) is 13.6 Å². The summed E-state index contributed by atoms with van der Waals surface area (Å²) >= 11 is 0. The molecule has 0 bridgehead atoms.